The first-order chi connectivity index (χ1) is 8.80. The fourth-order valence-electron chi connectivity index (χ4n) is 1.68. The second-order valence-corrected chi connectivity index (χ2v) is 6.34. The molecule has 100 valence electrons. The topological polar surface area (TPSA) is 68.0 Å². The molecule has 1 aromatic heterocycles. The molecule has 0 fully saturated rings. The molecule has 0 amide bonds. The Labute approximate surface area is 124 Å². The van der Waals surface area contributed by atoms with E-state index in [1.807, 2.05) is 45.0 Å². The van der Waals surface area contributed by atoms with Crippen molar-refractivity contribution in [3.05, 3.63) is 39.5 Å². The maximum Gasteiger partial charge on any atom is 0.375 e. The van der Waals surface area contributed by atoms with Crippen LogP contribution in [0.25, 0.3) is 5.69 Å². The van der Waals surface area contributed by atoms with Gasteiger partial charge in [-0.05, 0) is 34.7 Å². The van der Waals surface area contributed by atoms with Gasteiger partial charge in [0.2, 0.25) is 0 Å². The maximum absolute atomic E-state index is 11.1. The minimum Gasteiger partial charge on any atom is -0.475 e. The highest BCUT2D eigenvalue weighted by molar-refractivity contribution is 14.1. The Balaban J connectivity index is 2.69. The first kappa shape index (κ1) is 14.0. The van der Waals surface area contributed by atoms with Crippen molar-refractivity contribution in [1.29, 1.82) is 0 Å². The number of aromatic nitrogens is 3. The minimum absolute atomic E-state index is 0.176. The summed E-state index contributed by atoms with van der Waals surface area (Å²) in [7, 11) is 0. The third kappa shape index (κ3) is 2.78. The van der Waals surface area contributed by atoms with Crippen LogP contribution < -0.4 is 0 Å². The van der Waals surface area contributed by atoms with Crippen LogP contribution in [0.4, 0.5) is 0 Å². The molecule has 0 saturated heterocycles. The summed E-state index contributed by atoms with van der Waals surface area (Å²) in [6.07, 6.45) is 0. The molecule has 2 rings (SSSR count). The quantitative estimate of drug-likeness (QED) is 0.825. The Morgan fingerprint density at radius 2 is 1.95 bits per heavy atom. The lowest BCUT2D eigenvalue weighted by Gasteiger charge is -2.18. The number of nitrogens with zero attached hydrogens (tertiary/aromatic N) is 3. The molecule has 0 aliphatic heterocycles. The zero-order valence-electron chi connectivity index (χ0n) is 10.9. The van der Waals surface area contributed by atoms with E-state index in [0.717, 1.165) is 9.26 Å². The monoisotopic (exact) mass is 371 g/mol. The van der Waals surface area contributed by atoms with Crippen LogP contribution >= 0.6 is 22.6 Å². The summed E-state index contributed by atoms with van der Waals surface area (Å²) in [6.45, 7) is 5.94. The molecule has 2 aromatic rings. The van der Waals surface area contributed by atoms with E-state index in [9.17, 15) is 4.79 Å². The first-order valence-corrected chi connectivity index (χ1v) is 6.84. The van der Waals surface area contributed by atoms with E-state index < -0.39 is 5.97 Å². The third-order valence-corrected chi connectivity index (χ3v) is 3.46. The van der Waals surface area contributed by atoms with Crippen LogP contribution in [0.3, 0.4) is 0 Å². The van der Waals surface area contributed by atoms with Crippen LogP contribution in [-0.4, -0.2) is 25.8 Å². The van der Waals surface area contributed by atoms with Gasteiger partial charge >= 0.3 is 5.97 Å². The van der Waals surface area contributed by atoms with Gasteiger partial charge in [-0.3, -0.25) is 0 Å². The van der Waals surface area contributed by atoms with Crippen molar-refractivity contribution in [1.82, 2.24) is 14.8 Å². The van der Waals surface area contributed by atoms with E-state index in [-0.39, 0.29) is 11.2 Å². The van der Waals surface area contributed by atoms with Crippen molar-refractivity contribution < 1.29 is 9.90 Å². The van der Waals surface area contributed by atoms with Gasteiger partial charge in [0.05, 0.1) is 5.69 Å². The van der Waals surface area contributed by atoms with Crippen LogP contribution in [0.2, 0.25) is 0 Å². The van der Waals surface area contributed by atoms with Crippen molar-refractivity contribution in [3.8, 4) is 5.69 Å². The molecule has 0 atom stereocenters. The molecule has 0 saturated carbocycles. The summed E-state index contributed by atoms with van der Waals surface area (Å²) in [5.74, 6) is -0.659. The first-order valence-electron chi connectivity index (χ1n) is 5.76. The standard InChI is InChI=1S/C13H14IN3O2/c1-13(2,3)12-15-10(11(18)19)16-17(12)9-7-5-4-6-8(9)14/h4-7H,1-3H3,(H,18,19). The SMILES string of the molecule is CC(C)(C)c1nc(C(=O)O)nn1-c1ccccc1I. The molecule has 0 radical (unpaired) electrons. The molecule has 0 aliphatic carbocycles. The summed E-state index contributed by atoms with van der Waals surface area (Å²) in [4.78, 5) is 15.2. The Hall–Kier alpha value is -1.44. The highest BCUT2D eigenvalue weighted by Crippen LogP contribution is 2.25. The van der Waals surface area contributed by atoms with E-state index >= 15 is 0 Å². The average molecular weight is 371 g/mol. The fraction of sp³-hybridized carbons (Fsp3) is 0.308. The van der Waals surface area contributed by atoms with Gasteiger partial charge in [-0.1, -0.05) is 32.9 Å². The summed E-state index contributed by atoms with van der Waals surface area (Å²) < 4.78 is 2.61. The number of halogens is 1. The molecule has 6 heteroatoms. The van der Waals surface area contributed by atoms with Crippen molar-refractivity contribution in [2.24, 2.45) is 0 Å². The molecule has 0 unspecified atom stereocenters. The van der Waals surface area contributed by atoms with Gasteiger partial charge in [0.1, 0.15) is 5.82 Å². The molecule has 0 aliphatic rings. The number of hydrogen-bond donors (Lipinski definition) is 1. The number of aromatic carboxylic acids is 1. The Morgan fingerprint density at radius 1 is 1.32 bits per heavy atom. The van der Waals surface area contributed by atoms with Crippen LogP contribution in [-0.2, 0) is 5.41 Å². The van der Waals surface area contributed by atoms with Crippen LogP contribution in [0.1, 0.15) is 37.2 Å². The second kappa shape index (κ2) is 4.92. The second-order valence-electron chi connectivity index (χ2n) is 5.18. The summed E-state index contributed by atoms with van der Waals surface area (Å²) in [5, 5.41) is 13.2. The lowest BCUT2D eigenvalue weighted by atomic mass is 9.95. The highest BCUT2D eigenvalue weighted by atomic mass is 127. The number of rotatable bonds is 2. The fourth-order valence-corrected chi connectivity index (χ4v) is 2.30. The smallest absolute Gasteiger partial charge is 0.375 e. The van der Waals surface area contributed by atoms with Crippen molar-refractivity contribution in [2.45, 2.75) is 26.2 Å². The number of carboxylic acid groups (broad SMARTS) is 1. The van der Waals surface area contributed by atoms with Gasteiger partial charge < -0.3 is 5.11 Å². The zero-order valence-corrected chi connectivity index (χ0v) is 13.0. The number of benzene rings is 1. The predicted octanol–water partition coefficient (Wildman–Crippen LogP) is 2.87. The average Bonchev–Trinajstić information content (AvgIpc) is 2.74. The van der Waals surface area contributed by atoms with Crippen molar-refractivity contribution in [3.63, 3.8) is 0 Å². The maximum atomic E-state index is 11.1. The van der Waals surface area contributed by atoms with Crippen LogP contribution in [0.15, 0.2) is 24.3 Å². The number of carboxylic acids is 1. The summed E-state index contributed by atoms with van der Waals surface area (Å²) in [6, 6.07) is 7.67. The molecule has 1 aromatic carbocycles. The van der Waals surface area contributed by atoms with Crippen molar-refractivity contribution in [2.75, 3.05) is 0 Å². The molecule has 0 bridgehead atoms. The summed E-state index contributed by atoms with van der Waals surface area (Å²) >= 11 is 2.20. The van der Waals surface area contributed by atoms with Crippen LogP contribution in [0, 0.1) is 3.57 Å². The van der Waals surface area contributed by atoms with Gasteiger partial charge in [0, 0.05) is 8.99 Å². The predicted molar refractivity (Wildman–Crippen MR) is 79.7 cm³/mol. The molecular formula is C13H14IN3O2. The lowest BCUT2D eigenvalue weighted by molar-refractivity contribution is 0.0683. The van der Waals surface area contributed by atoms with Gasteiger partial charge in [-0.15, -0.1) is 5.10 Å². The molecule has 19 heavy (non-hydrogen) atoms. The van der Waals surface area contributed by atoms with Gasteiger partial charge in [-0.2, -0.15) is 0 Å². The Morgan fingerprint density at radius 3 is 2.47 bits per heavy atom. The molecule has 5 nitrogen and oxygen atoms in total. The van der Waals surface area contributed by atoms with E-state index in [4.69, 9.17) is 5.11 Å². The largest absolute Gasteiger partial charge is 0.475 e. The van der Waals surface area contributed by atoms with E-state index in [0.29, 0.717) is 5.82 Å². The van der Waals surface area contributed by atoms with Crippen LogP contribution in [0.5, 0.6) is 0 Å². The highest BCUT2D eigenvalue weighted by Gasteiger charge is 2.26. The minimum atomic E-state index is -1.12. The van der Waals surface area contributed by atoms with Gasteiger partial charge in [-0.25, -0.2) is 14.5 Å². The summed E-state index contributed by atoms with van der Waals surface area (Å²) in [5.41, 5.74) is 0.549. The molecule has 1 heterocycles. The molecule has 0 spiro atoms. The van der Waals surface area contributed by atoms with E-state index in [2.05, 4.69) is 32.7 Å². The van der Waals surface area contributed by atoms with Gasteiger partial charge in [0.25, 0.3) is 5.82 Å². The van der Waals surface area contributed by atoms with E-state index in [1.165, 1.54) is 0 Å². The van der Waals surface area contributed by atoms with Gasteiger partial charge in [0.15, 0.2) is 0 Å². The zero-order chi connectivity index (χ0) is 14.2. The number of carbonyl (C=O) groups is 1. The molecule has 1 N–H and O–H groups in total. The third-order valence-electron chi connectivity index (χ3n) is 2.55. The number of para-hydroxylation sites is 1. The Bertz CT molecular complexity index is 629. The molecular weight excluding hydrogens is 357 g/mol. The Kier molecular flexibility index (Phi) is 3.62. The normalized spacial score (nSPS) is 11.6. The van der Waals surface area contributed by atoms with Crippen molar-refractivity contribution >= 4 is 28.6 Å². The number of hydrogen-bond acceptors (Lipinski definition) is 3. The lowest BCUT2D eigenvalue weighted by Crippen LogP contribution is -2.19. The van der Waals surface area contributed by atoms with E-state index in [1.54, 1.807) is 4.68 Å².